The third-order valence-electron chi connectivity index (χ3n) is 6.99. The number of anilines is 1. The lowest BCUT2D eigenvalue weighted by Gasteiger charge is -2.37. The molecular weight excluding hydrogens is 478 g/mol. The number of carbonyl (C=O) groups is 1. The van der Waals surface area contributed by atoms with Gasteiger partial charge in [0.15, 0.2) is 5.65 Å². The van der Waals surface area contributed by atoms with Crippen molar-refractivity contribution in [1.29, 1.82) is 0 Å². The maximum atomic E-state index is 13.8. The van der Waals surface area contributed by atoms with Gasteiger partial charge in [-0.25, -0.2) is 17.9 Å². The first-order chi connectivity index (χ1) is 17.2. The molecule has 3 atom stereocenters. The molecular formula is C25H33N7O3S. The largest absolute Gasteiger partial charge is 0.355 e. The SMILES string of the molecule is Cc1cn2nc([C@@H]3CCCCN3C(=O)[C@H](NS(C)(=O)=O)c3ccccc3)cc2nc1N1CC[C@H](N)C1. The predicted molar refractivity (Wildman–Crippen MR) is 138 cm³/mol. The number of aryl methyl sites for hydroxylation is 1. The molecule has 2 aliphatic heterocycles. The molecule has 2 aliphatic rings. The van der Waals surface area contributed by atoms with E-state index in [0.29, 0.717) is 12.1 Å². The van der Waals surface area contributed by atoms with Crippen molar-refractivity contribution in [1.82, 2.24) is 24.2 Å². The molecule has 0 aliphatic carbocycles. The van der Waals surface area contributed by atoms with E-state index < -0.39 is 16.1 Å². The van der Waals surface area contributed by atoms with E-state index in [4.69, 9.17) is 15.8 Å². The van der Waals surface area contributed by atoms with Crippen LogP contribution in [0.1, 0.15) is 54.6 Å². The van der Waals surface area contributed by atoms with Gasteiger partial charge in [0.1, 0.15) is 11.9 Å². The molecule has 0 bridgehead atoms. The van der Waals surface area contributed by atoms with Crippen molar-refractivity contribution in [3.05, 3.63) is 59.4 Å². The van der Waals surface area contributed by atoms with Gasteiger partial charge in [0.2, 0.25) is 15.9 Å². The van der Waals surface area contributed by atoms with Crippen molar-refractivity contribution < 1.29 is 13.2 Å². The van der Waals surface area contributed by atoms with Crippen LogP contribution in [-0.2, 0) is 14.8 Å². The second kappa shape index (κ2) is 9.79. The van der Waals surface area contributed by atoms with Crippen LogP contribution in [0.3, 0.4) is 0 Å². The number of aromatic nitrogens is 3. The van der Waals surface area contributed by atoms with Crippen molar-refractivity contribution in [3.63, 3.8) is 0 Å². The highest BCUT2D eigenvalue weighted by molar-refractivity contribution is 7.88. The average molecular weight is 512 g/mol. The molecule has 0 spiro atoms. The zero-order chi connectivity index (χ0) is 25.4. The third-order valence-corrected chi connectivity index (χ3v) is 7.65. The summed E-state index contributed by atoms with van der Waals surface area (Å²) in [4.78, 5) is 22.7. The summed E-state index contributed by atoms with van der Waals surface area (Å²) in [7, 11) is -3.62. The molecule has 2 saturated heterocycles. The van der Waals surface area contributed by atoms with Crippen LogP contribution >= 0.6 is 0 Å². The van der Waals surface area contributed by atoms with Crippen molar-refractivity contribution in [2.45, 2.75) is 50.7 Å². The summed E-state index contributed by atoms with van der Waals surface area (Å²) < 4.78 is 28.6. The highest BCUT2D eigenvalue weighted by Gasteiger charge is 2.36. The molecule has 36 heavy (non-hydrogen) atoms. The van der Waals surface area contributed by atoms with Gasteiger partial charge in [0.05, 0.1) is 18.0 Å². The summed E-state index contributed by atoms with van der Waals surface area (Å²) in [6, 6.07) is 9.81. The van der Waals surface area contributed by atoms with Crippen LogP contribution in [0.5, 0.6) is 0 Å². The number of hydrogen-bond acceptors (Lipinski definition) is 7. The summed E-state index contributed by atoms with van der Waals surface area (Å²) in [6.07, 6.45) is 6.56. The monoisotopic (exact) mass is 511 g/mol. The molecule has 3 N–H and O–H groups in total. The molecule has 4 heterocycles. The van der Waals surface area contributed by atoms with Crippen molar-refractivity contribution in [3.8, 4) is 0 Å². The van der Waals surface area contributed by atoms with Gasteiger partial charge in [0.25, 0.3) is 0 Å². The zero-order valence-electron chi connectivity index (χ0n) is 20.7. The topological polar surface area (TPSA) is 126 Å². The maximum absolute atomic E-state index is 13.8. The number of nitrogens with zero attached hydrogens (tertiary/aromatic N) is 5. The summed E-state index contributed by atoms with van der Waals surface area (Å²) in [5, 5.41) is 4.80. The molecule has 3 aromatic rings. The number of nitrogens with one attached hydrogen (secondary N) is 1. The number of fused-ring (bicyclic) bond motifs is 1. The fourth-order valence-electron chi connectivity index (χ4n) is 5.27. The molecule has 2 aromatic heterocycles. The molecule has 2 fully saturated rings. The Bertz CT molecular complexity index is 1360. The summed E-state index contributed by atoms with van der Waals surface area (Å²) >= 11 is 0. The van der Waals surface area contributed by atoms with Gasteiger partial charge in [-0.05, 0) is 38.2 Å². The lowest BCUT2D eigenvalue weighted by Crippen LogP contribution is -2.46. The van der Waals surface area contributed by atoms with E-state index in [0.717, 1.165) is 67.8 Å². The van der Waals surface area contributed by atoms with Crippen molar-refractivity contribution >= 4 is 27.4 Å². The lowest BCUT2D eigenvalue weighted by atomic mass is 9.97. The third kappa shape index (κ3) is 5.09. The van der Waals surface area contributed by atoms with Crippen LogP contribution in [0.25, 0.3) is 5.65 Å². The van der Waals surface area contributed by atoms with Crippen molar-refractivity contribution in [2.24, 2.45) is 5.73 Å². The van der Waals surface area contributed by atoms with Crippen LogP contribution in [0.15, 0.2) is 42.6 Å². The number of likely N-dealkylation sites (tertiary alicyclic amines) is 1. The number of hydrogen-bond donors (Lipinski definition) is 2. The van der Waals surface area contributed by atoms with Gasteiger partial charge in [-0.3, -0.25) is 4.79 Å². The predicted octanol–water partition coefficient (Wildman–Crippen LogP) is 1.92. The quantitative estimate of drug-likeness (QED) is 0.518. The van der Waals surface area contributed by atoms with Gasteiger partial charge >= 0.3 is 0 Å². The molecule has 0 radical (unpaired) electrons. The number of benzene rings is 1. The van der Waals surface area contributed by atoms with Crippen LogP contribution in [0.2, 0.25) is 0 Å². The number of amides is 1. The molecule has 192 valence electrons. The van der Waals surface area contributed by atoms with E-state index in [2.05, 4.69) is 9.62 Å². The normalized spacial score (nSPS) is 21.8. The minimum absolute atomic E-state index is 0.155. The highest BCUT2D eigenvalue weighted by atomic mass is 32.2. The lowest BCUT2D eigenvalue weighted by molar-refractivity contribution is -0.137. The Morgan fingerprint density at radius 2 is 1.94 bits per heavy atom. The van der Waals surface area contributed by atoms with Crippen LogP contribution < -0.4 is 15.4 Å². The summed E-state index contributed by atoms with van der Waals surface area (Å²) in [5.41, 5.74) is 9.22. The minimum Gasteiger partial charge on any atom is -0.355 e. The van der Waals surface area contributed by atoms with E-state index >= 15 is 0 Å². The smallest absolute Gasteiger partial charge is 0.245 e. The second-order valence-corrected chi connectivity index (χ2v) is 11.7. The Hall–Kier alpha value is -3.02. The Balaban J connectivity index is 1.47. The minimum atomic E-state index is -3.62. The van der Waals surface area contributed by atoms with Crippen LogP contribution in [0.4, 0.5) is 5.82 Å². The molecule has 0 unspecified atom stereocenters. The van der Waals surface area contributed by atoms with E-state index in [9.17, 15) is 13.2 Å². The van der Waals surface area contributed by atoms with E-state index in [1.807, 2.05) is 25.3 Å². The van der Waals surface area contributed by atoms with E-state index in [1.54, 1.807) is 33.7 Å². The number of carbonyl (C=O) groups excluding carboxylic acids is 1. The van der Waals surface area contributed by atoms with Gasteiger partial charge in [-0.15, -0.1) is 0 Å². The molecule has 1 aromatic carbocycles. The van der Waals surface area contributed by atoms with Crippen molar-refractivity contribution in [2.75, 3.05) is 30.8 Å². The Morgan fingerprint density at radius 3 is 2.64 bits per heavy atom. The zero-order valence-corrected chi connectivity index (χ0v) is 21.5. The van der Waals surface area contributed by atoms with Gasteiger partial charge in [-0.1, -0.05) is 30.3 Å². The Labute approximate surface area is 211 Å². The number of sulfonamides is 1. The maximum Gasteiger partial charge on any atom is 0.245 e. The van der Waals surface area contributed by atoms with Gasteiger partial charge < -0.3 is 15.5 Å². The summed E-state index contributed by atoms with van der Waals surface area (Å²) in [5.74, 6) is 0.643. The van der Waals surface area contributed by atoms with Crippen LogP contribution in [-0.4, -0.2) is 65.8 Å². The summed E-state index contributed by atoms with van der Waals surface area (Å²) in [6.45, 7) is 4.22. The fraction of sp³-hybridized carbons (Fsp3) is 0.480. The number of rotatable bonds is 6. The average Bonchev–Trinajstić information content (AvgIpc) is 3.47. The second-order valence-electron chi connectivity index (χ2n) is 9.89. The van der Waals surface area contributed by atoms with Crippen LogP contribution in [0, 0.1) is 6.92 Å². The number of piperidine rings is 1. The van der Waals surface area contributed by atoms with E-state index in [1.165, 1.54) is 0 Å². The highest BCUT2D eigenvalue weighted by Crippen LogP contribution is 2.34. The van der Waals surface area contributed by atoms with Gasteiger partial charge in [-0.2, -0.15) is 9.82 Å². The molecule has 10 nitrogen and oxygen atoms in total. The first-order valence-electron chi connectivity index (χ1n) is 12.4. The first-order valence-corrected chi connectivity index (χ1v) is 14.3. The first kappa shape index (κ1) is 24.7. The van der Waals surface area contributed by atoms with E-state index in [-0.39, 0.29) is 18.0 Å². The molecule has 1 amide bonds. The van der Waals surface area contributed by atoms with Gasteiger partial charge in [0, 0.05) is 43.5 Å². The standard InChI is InChI=1S/C25H33N7O3S/c1-17-15-32-22(27-24(17)30-13-11-19(26)16-30)14-20(28-32)21-10-6-7-12-31(21)25(33)23(29-36(2,34)35)18-8-4-3-5-9-18/h3-5,8-9,14-15,19,21,23,29H,6-7,10-13,16,26H2,1-2H3/t19-,21-,23+/m0/s1. The number of nitrogens with two attached hydrogens (primary N) is 1. The fourth-order valence-corrected chi connectivity index (χ4v) is 5.94. The Kier molecular flexibility index (Phi) is 6.71. The Morgan fingerprint density at radius 1 is 1.17 bits per heavy atom. The molecule has 11 heteroatoms. The molecule has 0 saturated carbocycles. The molecule has 5 rings (SSSR count).